The van der Waals surface area contributed by atoms with Crippen molar-refractivity contribution < 1.29 is 8.42 Å². The van der Waals surface area contributed by atoms with E-state index >= 15 is 0 Å². The fraction of sp³-hybridized carbons (Fsp3) is 0.250. The van der Waals surface area contributed by atoms with Crippen LogP contribution in [0.3, 0.4) is 0 Å². The molecule has 0 unspecified atom stereocenters. The Morgan fingerprint density at radius 1 is 0.968 bits per heavy atom. The van der Waals surface area contributed by atoms with Crippen molar-refractivity contribution in [1.82, 2.24) is 19.3 Å². The Morgan fingerprint density at radius 2 is 1.68 bits per heavy atom. The third-order valence-electron chi connectivity index (χ3n) is 5.10. The maximum absolute atomic E-state index is 12.8. The normalized spacial score (nSPS) is 12.0. The maximum Gasteiger partial charge on any atom is 0.240 e. The first-order chi connectivity index (χ1) is 14.9. The Kier molecular flexibility index (Phi) is 6.15. The molecule has 4 aromatic rings. The minimum atomic E-state index is -3.58. The number of hydrogen-bond donors (Lipinski definition) is 1. The summed E-state index contributed by atoms with van der Waals surface area (Å²) in [6, 6.07) is 18.8. The Balaban J connectivity index is 1.53. The van der Waals surface area contributed by atoms with E-state index in [9.17, 15) is 8.42 Å². The molecule has 0 aliphatic carbocycles. The molecule has 0 saturated carbocycles. The van der Waals surface area contributed by atoms with Crippen molar-refractivity contribution in [2.45, 2.75) is 31.7 Å². The standard InChI is InChI=1S/C24H26N4O2S/c1-18(2)17-19-7-9-21(10-8-19)31(29,30)26-15-16-28-23-6-4-3-5-22(23)27-24(28)20-11-13-25-14-12-20/h3-14,18,26H,15-17H2,1-2H3. The summed E-state index contributed by atoms with van der Waals surface area (Å²) in [5.74, 6) is 1.32. The molecule has 0 bridgehead atoms. The van der Waals surface area contributed by atoms with E-state index in [0.717, 1.165) is 34.4 Å². The van der Waals surface area contributed by atoms with Gasteiger partial charge in [-0.05, 0) is 54.3 Å². The van der Waals surface area contributed by atoms with E-state index in [1.807, 2.05) is 53.1 Å². The molecule has 160 valence electrons. The Hall–Kier alpha value is -3.03. The van der Waals surface area contributed by atoms with Crippen LogP contribution in [0.5, 0.6) is 0 Å². The van der Waals surface area contributed by atoms with Crippen molar-refractivity contribution in [3.8, 4) is 11.4 Å². The summed E-state index contributed by atoms with van der Waals surface area (Å²) in [4.78, 5) is 9.11. The highest BCUT2D eigenvalue weighted by Crippen LogP contribution is 2.24. The minimum Gasteiger partial charge on any atom is -0.323 e. The molecule has 0 aliphatic heterocycles. The molecule has 0 fully saturated rings. The Bertz CT molecular complexity index is 1260. The van der Waals surface area contributed by atoms with Crippen molar-refractivity contribution in [2.24, 2.45) is 5.92 Å². The third kappa shape index (κ3) is 4.84. The Morgan fingerprint density at radius 3 is 2.39 bits per heavy atom. The summed E-state index contributed by atoms with van der Waals surface area (Å²) in [6.07, 6.45) is 4.38. The van der Waals surface area contributed by atoms with E-state index in [1.54, 1.807) is 24.5 Å². The Labute approximate surface area is 183 Å². The highest BCUT2D eigenvalue weighted by atomic mass is 32.2. The summed E-state index contributed by atoms with van der Waals surface area (Å²) in [5, 5.41) is 0. The van der Waals surface area contributed by atoms with Gasteiger partial charge in [-0.1, -0.05) is 38.1 Å². The van der Waals surface area contributed by atoms with E-state index in [0.29, 0.717) is 12.5 Å². The summed E-state index contributed by atoms with van der Waals surface area (Å²) >= 11 is 0. The smallest absolute Gasteiger partial charge is 0.240 e. The second-order valence-corrected chi connectivity index (χ2v) is 9.72. The van der Waals surface area contributed by atoms with Crippen LogP contribution in [0.1, 0.15) is 19.4 Å². The fourth-order valence-electron chi connectivity index (χ4n) is 3.67. The number of para-hydroxylation sites is 2. The second kappa shape index (κ2) is 8.99. The average Bonchev–Trinajstić information content (AvgIpc) is 3.13. The minimum absolute atomic E-state index is 0.258. The molecule has 2 aromatic heterocycles. The van der Waals surface area contributed by atoms with Gasteiger partial charge in [-0.3, -0.25) is 4.98 Å². The van der Waals surface area contributed by atoms with Crippen LogP contribution in [-0.4, -0.2) is 29.5 Å². The van der Waals surface area contributed by atoms with Gasteiger partial charge in [0.2, 0.25) is 10.0 Å². The topological polar surface area (TPSA) is 76.9 Å². The maximum atomic E-state index is 12.8. The number of hydrogen-bond acceptors (Lipinski definition) is 4. The number of benzene rings is 2. The molecule has 0 atom stereocenters. The molecule has 6 nitrogen and oxygen atoms in total. The predicted octanol–water partition coefficient (Wildman–Crippen LogP) is 4.28. The number of aromatic nitrogens is 3. The summed E-state index contributed by atoms with van der Waals surface area (Å²) in [5.41, 5.74) is 3.92. The van der Waals surface area contributed by atoms with Gasteiger partial charge >= 0.3 is 0 Å². The van der Waals surface area contributed by atoms with Crippen molar-refractivity contribution in [2.75, 3.05) is 6.54 Å². The van der Waals surface area contributed by atoms with E-state index < -0.39 is 10.0 Å². The number of nitrogens with one attached hydrogen (secondary N) is 1. The molecule has 0 amide bonds. The molecule has 0 saturated heterocycles. The molecule has 7 heteroatoms. The monoisotopic (exact) mass is 434 g/mol. The third-order valence-corrected chi connectivity index (χ3v) is 6.58. The van der Waals surface area contributed by atoms with Gasteiger partial charge in [0.05, 0.1) is 15.9 Å². The van der Waals surface area contributed by atoms with Crippen molar-refractivity contribution >= 4 is 21.1 Å². The number of nitrogens with zero attached hydrogens (tertiary/aromatic N) is 3. The van der Waals surface area contributed by atoms with E-state index in [2.05, 4.69) is 23.6 Å². The molecule has 0 aliphatic rings. The quantitative estimate of drug-likeness (QED) is 0.449. The summed E-state index contributed by atoms with van der Waals surface area (Å²) in [6.45, 7) is 5.01. The highest BCUT2D eigenvalue weighted by Gasteiger charge is 2.16. The summed E-state index contributed by atoms with van der Waals surface area (Å²) < 4.78 is 30.3. The first-order valence-electron chi connectivity index (χ1n) is 10.4. The molecular formula is C24H26N4O2S. The number of sulfonamides is 1. The number of imidazole rings is 1. The van der Waals surface area contributed by atoms with E-state index in [-0.39, 0.29) is 11.4 Å². The average molecular weight is 435 g/mol. The SMILES string of the molecule is CC(C)Cc1ccc(S(=O)(=O)NCCn2c(-c3ccncc3)nc3ccccc32)cc1. The van der Waals surface area contributed by atoms with Crippen LogP contribution < -0.4 is 4.72 Å². The van der Waals surface area contributed by atoms with Gasteiger partial charge < -0.3 is 4.57 Å². The first-order valence-corrected chi connectivity index (χ1v) is 11.9. The molecular weight excluding hydrogens is 408 g/mol. The number of fused-ring (bicyclic) bond motifs is 1. The molecule has 2 heterocycles. The molecule has 31 heavy (non-hydrogen) atoms. The van der Waals surface area contributed by atoms with Gasteiger partial charge in [-0.25, -0.2) is 18.1 Å². The van der Waals surface area contributed by atoms with Crippen molar-refractivity contribution in [3.63, 3.8) is 0 Å². The second-order valence-electron chi connectivity index (χ2n) is 7.95. The van der Waals surface area contributed by atoms with E-state index in [4.69, 9.17) is 4.98 Å². The van der Waals surface area contributed by atoms with E-state index in [1.165, 1.54) is 0 Å². The zero-order valence-corrected chi connectivity index (χ0v) is 18.5. The number of rotatable bonds is 8. The van der Waals surface area contributed by atoms with Gasteiger partial charge in [-0.2, -0.15) is 0 Å². The lowest BCUT2D eigenvalue weighted by molar-refractivity contribution is 0.574. The lowest BCUT2D eigenvalue weighted by atomic mass is 10.0. The first kappa shape index (κ1) is 21.2. The number of pyridine rings is 1. The van der Waals surface area contributed by atoms with Crippen molar-refractivity contribution in [3.05, 3.63) is 78.6 Å². The summed E-state index contributed by atoms with van der Waals surface area (Å²) in [7, 11) is -3.58. The zero-order chi connectivity index (χ0) is 21.8. The highest BCUT2D eigenvalue weighted by molar-refractivity contribution is 7.89. The van der Waals surface area contributed by atoms with Crippen LogP contribution in [0, 0.1) is 5.92 Å². The lowest BCUT2D eigenvalue weighted by Crippen LogP contribution is -2.27. The van der Waals surface area contributed by atoms with Gasteiger partial charge in [0.15, 0.2) is 0 Å². The van der Waals surface area contributed by atoms with Gasteiger partial charge in [-0.15, -0.1) is 0 Å². The van der Waals surface area contributed by atoms with Gasteiger partial charge in [0, 0.05) is 31.0 Å². The van der Waals surface area contributed by atoms with Crippen molar-refractivity contribution in [1.29, 1.82) is 0 Å². The molecule has 0 radical (unpaired) electrons. The van der Waals surface area contributed by atoms with Crippen LogP contribution in [0.2, 0.25) is 0 Å². The zero-order valence-electron chi connectivity index (χ0n) is 17.7. The van der Waals surface area contributed by atoms with Gasteiger partial charge in [0.25, 0.3) is 0 Å². The fourth-order valence-corrected chi connectivity index (χ4v) is 4.70. The molecule has 0 spiro atoms. The molecule has 1 N–H and O–H groups in total. The van der Waals surface area contributed by atoms with Crippen LogP contribution >= 0.6 is 0 Å². The van der Waals surface area contributed by atoms with Gasteiger partial charge in [0.1, 0.15) is 5.82 Å². The van der Waals surface area contributed by atoms with Crippen LogP contribution in [0.4, 0.5) is 0 Å². The predicted molar refractivity (Wildman–Crippen MR) is 123 cm³/mol. The molecule has 4 rings (SSSR count). The van der Waals surface area contributed by atoms with Crippen LogP contribution in [-0.2, 0) is 23.0 Å². The van der Waals surface area contributed by atoms with Crippen LogP contribution in [0.25, 0.3) is 22.4 Å². The van der Waals surface area contributed by atoms with Crippen LogP contribution in [0.15, 0.2) is 78.0 Å². The lowest BCUT2D eigenvalue weighted by Gasteiger charge is -2.12. The molecule has 2 aromatic carbocycles. The largest absolute Gasteiger partial charge is 0.323 e.